The molecule has 0 fully saturated rings. The minimum absolute atomic E-state index is 0.00123. The largest absolute Gasteiger partial charge is 0.394 e. The van der Waals surface area contributed by atoms with E-state index in [1.807, 2.05) is 18.2 Å². The summed E-state index contributed by atoms with van der Waals surface area (Å²) in [4.78, 5) is 11.7. The summed E-state index contributed by atoms with van der Waals surface area (Å²) in [6.07, 6.45) is 0. The second kappa shape index (κ2) is 8.22. The van der Waals surface area contributed by atoms with Gasteiger partial charge in [0, 0.05) is 17.4 Å². The van der Waals surface area contributed by atoms with Crippen molar-refractivity contribution in [2.24, 2.45) is 0 Å². The van der Waals surface area contributed by atoms with Crippen molar-refractivity contribution in [3.63, 3.8) is 0 Å². The van der Waals surface area contributed by atoms with Crippen molar-refractivity contribution >= 4 is 21.8 Å². The van der Waals surface area contributed by atoms with E-state index >= 15 is 0 Å². The summed E-state index contributed by atoms with van der Waals surface area (Å²) in [5.41, 5.74) is 1.71. The van der Waals surface area contributed by atoms with Crippen molar-refractivity contribution in [2.75, 3.05) is 26.4 Å². The van der Waals surface area contributed by atoms with Crippen molar-refractivity contribution in [3.05, 3.63) is 35.4 Å². The number of carbonyl (C=O) groups is 1. The first-order valence-electron chi connectivity index (χ1n) is 5.39. The molecule has 0 spiro atoms. The van der Waals surface area contributed by atoms with Crippen LogP contribution < -0.4 is 5.32 Å². The summed E-state index contributed by atoms with van der Waals surface area (Å²) in [7, 11) is 0. The standard InChI is InChI=1S/C12H16BrNO3/c13-9-10-2-1-3-11(8-10)12(16)14-4-6-17-7-5-15/h1-3,8,15H,4-7,9H2,(H,14,16). The zero-order chi connectivity index (χ0) is 12.5. The first-order chi connectivity index (χ1) is 8.27. The van der Waals surface area contributed by atoms with Crippen LogP contribution in [0.4, 0.5) is 0 Å². The topological polar surface area (TPSA) is 58.6 Å². The van der Waals surface area contributed by atoms with Crippen molar-refractivity contribution in [2.45, 2.75) is 5.33 Å². The Hall–Kier alpha value is -0.910. The lowest BCUT2D eigenvalue weighted by Gasteiger charge is -2.06. The van der Waals surface area contributed by atoms with Crippen LogP contribution in [0.3, 0.4) is 0 Å². The molecule has 0 heterocycles. The fraction of sp³-hybridized carbons (Fsp3) is 0.417. The summed E-state index contributed by atoms with van der Waals surface area (Å²) in [6.45, 7) is 1.15. The number of benzene rings is 1. The molecule has 17 heavy (non-hydrogen) atoms. The van der Waals surface area contributed by atoms with Crippen LogP contribution in [0.5, 0.6) is 0 Å². The average molecular weight is 302 g/mol. The highest BCUT2D eigenvalue weighted by Crippen LogP contribution is 2.08. The number of nitrogens with one attached hydrogen (secondary N) is 1. The highest BCUT2D eigenvalue weighted by atomic mass is 79.9. The number of rotatable bonds is 7. The number of hydrogen-bond acceptors (Lipinski definition) is 3. The van der Waals surface area contributed by atoms with Gasteiger partial charge in [-0.25, -0.2) is 0 Å². The van der Waals surface area contributed by atoms with Gasteiger partial charge < -0.3 is 15.2 Å². The number of amides is 1. The molecular weight excluding hydrogens is 286 g/mol. The van der Waals surface area contributed by atoms with Crippen LogP contribution in [0.2, 0.25) is 0 Å². The van der Waals surface area contributed by atoms with Crippen LogP contribution in [-0.4, -0.2) is 37.4 Å². The predicted molar refractivity (Wildman–Crippen MR) is 69.3 cm³/mol. The van der Waals surface area contributed by atoms with E-state index in [-0.39, 0.29) is 12.5 Å². The first-order valence-corrected chi connectivity index (χ1v) is 6.51. The lowest BCUT2D eigenvalue weighted by Crippen LogP contribution is -2.27. The zero-order valence-corrected chi connectivity index (χ0v) is 11.1. The van der Waals surface area contributed by atoms with Crippen molar-refractivity contribution in [3.8, 4) is 0 Å². The Morgan fingerprint density at radius 3 is 2.94 bits per heavy atom. The van der Waals surface area contributed by atoms with Gasteiger partial charge in [-0.05, 0) is 17.7 Å². The Kier molecular flexibility index (Phi) is 6.84. The van der Waals surface area contributed by atoms with Gasteiger partial charge in [0.25, 0.3) is 5.91 Å². The van der Waals surface area contributed by atoms with Gasteiger partial charge in [-0.3, -0.25) is 4.79 Å². The third-order valence-electron chi connectivity index (χ3n) is 2.11. The molecule has 4 nitrogen and oxygen atoms in total. The van der Waals surface area contributed by atoms with Crippen LogP contribution >= 0.6 is 15.9 Å². The molecule has 1 rings (SSSR count). The summed E-state index contributed by atoms with van der Waals surface area (Å²) < 4.78 is 5.04. The third-order valence-corrected chi connectivity index (χ3v) is 2.76. The number of carbonyl (C=O) groups excluding carboxylic acids is 1. The molecule has 0 saturated carbocycles. The first kappa shape index (κ1) is 14.2. The molecular formula is C12H16BrNO3. The number of halogens is 1. The van der Waals surface area contributed by atoms with E-state index in [0.29, 0.717) is 25.3 Å². The van der Waals surface area contributed by atoms with Crippen LogP contribution in [-0.2, 0) is 10.1 Å². The Labute approximate surface area is 109 Å². The molecule has 0 aromatic heterocycles. The molecule has 1 amide bonds. The Bertz CT molecular complexity index is 357. The van der Waals surface area contributed by atoms with Crippen LogP contribution in [0.1, 0.15) is 15.9 Å². The van der Waals surface area contributed by atoms with Crippen LogP contribution in [0, 0.1) is 0 Å². The fourth-order valence-corrected chi connectivity index (χ4v) is 1.65. The van der Waals surface area contributed by atoms with Gasteiger partial charge in [0.15, 0.2) is 0 Å². The van der Waals surface area contributed by atoms with Crippen molar-refractivity contribution in [1.29, 1.82) is 0 Å². The minimum atomic E-state index is -0.111. The van der Waals surface area contributed by atoms with Crippen molar-refractivity contribution in [1.82, 2.24) is 5.32 Å². The zero-order valence-electron chi connectivity index (χ0n) is 9.49. The second-order valence-corrected chi connectivity index (χ2v) is 3.99. The lowest BCUT2D eigenvalue weighted by molar-refractivity contribution is 0.0838. The van der Waals surface area contributed by atoms with E-state index in [4.69, 9.17) is 9.84 Å². The van der Waals surface area contributed by atoms with Gasteiger partial charge in [-0.15, -0.1) is 0 Å². The minimum Gasteiger partial charge on any atom is -0.394 e. The van der Waals surface area contributed by atoms with Gasteiger partial charge in [-0.2, -0.15) is 0 Å². The van der Waals surface area contributed by atoms with E-state index < -0.39 is 0 Å². The smallest absolute Gasteiger partial charge is 0.251 e. The Balaban J connectivity index is 2.36. The second-order valence-electron chi connectivity index (χ2n) is 3.43. The van der Waals surface area contributed by atoms with Gasteiger partial charge in [-0.1, -0.05) is 28.1 Å². The van der Waals surface area contributed by atoms with Crippen LogP contribution in [0.25, 0.3) is 0 Å². The molecule has 0 aliphatic heterocycles. The van der Waals surface area contributed by atoms with Gasteiger partial charge in [0.1, 0.15) is 0 Å². The highest BCUT2D eigenvalue weighted by molar-refractivity contribution is 9.08. The summed E-state index contributed by atoms with van der Waals surface area (Å²) in [6, 6.07) is 7.43. The monoisotopic (exact) mass is 301 g/mol. The maximum atomic E-state index is 11.7. The maximum absolute atomic E-state index is 11.7. The van der Waals surface area contributed by atoms with Crippen molar-refractivity contribution < 1.29 is 14.6 Å². The lowest BCUT2D eigenvalue weighted by atomic mass is 10.1. The van der Waals surface area contributed by atoms with Gasteiger partial charge >= 0.3 is 0 Å². The summed E-state index contributed by atoms with van der Waals surface area (Å²) in [5.74, 6) is -0.111. The fourth-order valence-electron chi connectivity index (χ4n) is 1.30. The molecule has 0 aliphatic rings. The van der Waals surface area contributed by atoms with Gasteiger partial charge in [0.05, 0.1) is 19.8 Å². The average Bonchev–Trinajstić information content (AvgIpc) is 2.38. The molecule has 0 bridgehead atoms. The molecule has 2 N–H and O–H groups in total. The van der Waals surface area contributed by atoms with E-state index in [1.54, 1.807) is 6.07 Å². The number of aliphatic hydroxyl groups is 1. The molecule has 1 aromatic rings. The molecule has 0 unspecified atom stereocenters. The maximum Gasteiger partial charge on any atom is 0.251 e. The Morgan fingerprint density at radius 1 is 1.41 bits per heavy atom. The normalized spacial score (nSPS) is 10.2. The molecule has 5 heteroatoms. The molecule has 0 atom stereocenters. The van der Waals surface area contributed by atoms with E-state index in [1.165, 1.54) is 0 Å². The van der Waals surface area contributed by atoms with E-state index in [0.717, 1.165) is 10.9 Å². The highest BCUT2D eigenvalue weighted by Gasteiger charge is 2.04. The number of hydrogen-bond donors (Lipinski definition) is 2. The number of alkyl halides is 1. The SMILES string of the molecule is O=C(NCCOCCO)c1cccc(CBr)c1. The number of aliphatic hydroxyl groups excluding tert-OH is 1. The summed E-state index contributed by atoms with van der Waals surface area (Å²) in [5, 5.41) is 12.0. The molecule has 1 aromatic carbocycles. The molecule has 94 valence electrons. The van der Waals surface area contributed by atoms with E-state index in [9.17, 15) is 4.79 Å². The predicted octanol–water partition coefficient (Wildman–Crippen LogP) is 1.32. The molecule has 0 radical (unpaired) electrons. The number of ether oxygens (including phenoxy) is 1. The van der Waals surface area contributed by atoms with Gasteiger partial charge in [0.2, 0.25) is 0 Å². The third kappa shape index (κ3) is 5.30. The Morgan fingerprint density at radius 2 is 2.24 bits per heavy atom. The van der Waals surface area contributed by atoms with Crippen LogP contribution in [0.15, 0.2) is 24.3 Å². The quantitative estimate of drug-likeness (QED) is 0.590. The van der Waals surface area contributed by atoms with E-state index in [2.05, 4.69) is 21.2 Å². The summed E-state index contributed by atoms with van der Waals surface area (Å²) >= 11 is 3.35. The molecule has 0 saturated heterocycles. The molecule has 0 aliphatic carbocycles.